The van der Waals surface area contributed by atoms with Crippen LogP contribution in [0, 0.1) is 12.3 Å². The van der Waals surface area contributed by atoms with Gasteiger partial charge in [0.05, 0.1) is 11.9 Å². The molecule has 0 bridgehead atoms. The van der Waals surface area contributed by atoms with Gasteiger partial charge in [-0.1, -0.05) is 0 Å². The molecule has 0 amide bonds. The molecule has 0 unspecified atom stereocenters. The summed E-state index contributed by atoms with van der Waals surface area (Å²) < 4.78 is 0. The minimum atomic E-state index is 0.480. The third-order valence-electron chi connectivity index (χ3n) is 1.48. The van der Waals surface area contributed by atoms with Crippen LogP contribution in [-0.2, 0) is 0 Å². The smallest absolute Gasteiger partial charge is 0.0592 e. The zero-order valence-electron chi connectivity index (χ0n) is 6.68. The molecular formula is C8H11N3. The number of hydrogen-bond donors (Lipinski definition) is 2. The molecule has 11 heavy (non-hydrogen) atoms. The zero-order chi connectivity index (χ0) is 8.43. The molecule has 0 aliphatic carbocycles. The monoisotopic (exact) mass is 149 g/mol. The molecule has 1 aromatic heterocycles. The molecule has 0 saturated heterocycles. The summed E-state index contributed by atoms with van der Waals surface area (Å²) in [6.07, 6.45) is 1.59. The van der Waals surface area contributed by atoms with Crippen molar-refractivity contribution >= 4 is 11.4 Å². The van der Waals surface area contributed by atoms with Crippen LogP contribution < -0.4 is 5.73 Å². The third kappa shape index (κ3) is 1.55. The second-order valence-electron chi connectivity index (χ2n) is 2.54. The van der Waals surface area contributed by atoms with Crippen LogP contribution in [0.5, 0.6) is 0 Å². The minimum Gasteiger partial charge on any atom is -0.397 e. The van der Waals surface area contributed by atoms with Crippen molar-refractivity contribution in [1.82, 2.24) is 4.98 Å². The molecule has 0 aromatic carbocycles. The van der Waals surface area contributed by atoms with Crippen LogP contribution in [0.4, 0.5) is 5.69 Å². The molecule has 0 radical (unpaired) electrons. The number of nitrogen functional groups attached to an aromatic ring is 1. The predicted octanol–water partition coefficient (Wildman–Crippen LogP) is 1.36. The number of anilines is 1. The van der Waals surface area contributed by atoms with E-state index >= 15 is 0 Å². The molecule has 58 valence electrons. The summed E-state index contributed by atoms with van der Waals surface area (Å²) in [6.45, 7) is 3.59. The van der Waals surface area contributed by atoms with E-state index in [1.807, 2.05) is 13.0 Å². The number of nitrogens with one attached hydrogen (secondary N) is 1. The van der Waals surface area contributed by atoms with Gasteiger partial charge in [0.15, 0.2) is 0 Å². The summed E-state index contributed by atoms with van der Waals surface area (Å²) in [4.78, 5) is 4.00. The fourth-order valence-electron chi connectivity index (χ4n) is 0.895. The number of rotatable bonds is 1. The first-order valence-corrected chi connectivity index (χ1v) is 3.39. The van der Waals surface area contributed by atoms with Crippen LogP contribution in [0.15, 0.2) is 12.3 Å². The highest BCUT2D eigenvalue weighted by molar-refractivity contribution is 6.00. The van der Waals surface area contributed by atoms with E-state index in [-0.39, 0.29) is 0 Å². The average molecular weight is 149 g/mol. The van der Waals surface area contributed by atoms with E-state index in [0.29, 0.717) is 11.4 Å². The molecule has 1 aromatic rings. The summed E-state index contributed by atoms with van der Waals surface area (Å²) in [5, 5.41) is 7.37. The number of pyridine rings is 1. The lowest BCUT2D eigenvalue weighted by Gasteiger charge is -2.02. The van der Waals surface area contributed by atoms with Gasteiger partial charge in [0.2, 0.25) is 0 Å². The number of aromatic nitrogens is 1. The Morgan fingerprint density at radius 2 is 2.27 bits per heavy atom. The van der Waals surface area contributed by atoms with Gasteiger partial charge < -0.3 is 11.1 Å². The Hall–Kier alpha value is -1.38. The van der Waals surface area contributed by atoms with Gasteiger partial charge in [0.25, 0.3) is 0 Å². The normalized spacial score (nSPS) is 9.64. The van der Waals surface area contributed by atoms with Crippen molar-refractivity contribution in [3.05, 3.63) is 23.5 Å². The number of aryl methyl sites for hydroxylation is 1. The topological polar surface area (TPSA) is 62.8 Å². The molecule has 1 rings (SSSR count). The lowest BCUT2D eigenvalue weighted by atomic mass is 10.1. The van der Waals surface area contributed by atoms with E-state index in [2.05, 4.69) is 4.98 Å². The standard InChI is InChI=1S/C8H11N3/c1-5-3-7(6(2)9)8(10)4-11-5/h3-4,9H,10H2,1-2H3. The average Bonchev–Trinajstić information content (AvgIpc) is 1.94. The lowest BCUT2D eigenvalue weighted by Crippen LogP contribution is -2.01. The first-order valence-electron chi connectivity index (χ1n) is 3.39. The maximum atomic E-state index is 7.37. The van der Waals surface area contributed by atoms with Crippen molar-refractivity contribution < 1.29 is 0 Å². The van der Waals surface area contributed by atoms with E-state index < -0.39 is 0 Å². The first-order chi connectivity index (χ1) is 5.11. The second kappa shape index (κ2) is 2.70. The van der Waals surface area contributed by atoms with Crippen LogP contribution in [0.2, 0.25) is 0 Å². The van der Waals surface area contributed by atoms with Crippen molar-refractivity contribution in [2.24, 2.45) is 0 Å². The fourth-order valence-corrected chi connectivity index (χ4v) is 0.895. The van der Waals surface area contributed by atoms with Crippen LogP contribution >= 0.6 is 0 Å². The highest BCUT2D eigenvalue weighted by atomic mass is 14.7. The van der Waals surface area contributed by atoms with E-state index in [1.165, 1.54) is 0 Å². The van der Waals surface area contributed by atoms with Gasteiger partial charge in [0, 0.05) is 17.0 Å². The summed E-state index contributed by atoms with van der Waals surface area (Å²) in [5.41, 5.74) is 8.30. The Morgan fingerprint density at radius 1 is 1.64 bits per heavy atom. The maximum Gasteiger partial charge on any atom is 0.0592 e. The van der Waals surface area contributed by atoms with E-state index in [9.17, 15) is 0 Å². The Morgan fingerprint density at radius 3 is 2.73 bits per heavy atom. The molecule has 0 fully saturated rings. The molecule has 3 N–H and O–H groups in total. The SMILES string of the molecule is CC(=N)c1cc(C)ncc1N. The highest BCUT2D eigenvalue weighted by Gasteiger charge is 2.00. The Kier molecular flexibility index (Phi) is 1.89. The Labute approximate surface area is 65.8 Å². The van der Waals surface area contributed by atoms with Gasteiger partial charge in [-0.25, -0.2) is 0 Å². The van der Waals surface area contributed by atoms with Crippen molar-refractivity contribution in [1.29, 1.82) is 5.41 Å². The molecule has 3 nitrogen and oxygen atoms in total. The van der Waals surface area contributed by atoms with Crippen LogP contribution in [-0.4, -0.2) is 10.7 Å². The second-order valence-corrected chi connectivity index (χ2v) is 2.54. The quantitative estimate of drug-likeness (QED) is 0.592. The molecule has 0 saturated carbocycles. The minimum absolute atomic E-state index is 0.480. The van der Waals surface area contributed by atoms with Gasteiger partial charge in [0.1, 0.15) is 0 Å². The molecule has 3 heteroatoms. The van der Waals surface area contributed by atoms with Crippen molar-refractivity contribution in [3.8, 4) is 0 Å². The van der Waals surface area contributed by atoms with Crippen LogP contribution in [0.25, 0.3) is 0 Å². The van der Waals surface area contributed by atoms with Gasteiger partial charge in [-0.3, -0.25) is 4.98 Å². The van der Waals surface area contributed by atoms with Gasteiger partial charge in [-0.05, 0) is 19.9 Å². The summed E-state index contributed by atoms with van der Waals surface area (Å²) in [6, 6.07) is 1.82. The lowest BCUT2D eigenvalue weighted by molar-refractivity contribution is 1.20. The summed E-state index contributed by atoms with van der Waals surface area (Å²) in [7, 11) is 0. The Balaban J connectivity index is 3.23. The van der Waals surface area contributed by atoms with E-state index in [1.54, 1.807) is 13.1 Å². The summed E-state index contributed by atoms with van der Waals surface area (Å²) >= 11 is 0. The van der Waals surface area contributed by atoms with Gasteiger partial charge in [-0.15, -0.1) is 0 Å². The Bertz CT molecular complexity index is 291. The van der Waals surface area contributed by atoms with Gasteiger partial charge in [-0.2, -0.15) is 0 Å². The van der Waals surface area contributed by atoms with E-state index in [4.69, 9.17) is 11.1 Å². The predicted molar refractivity (Wildman–Crippen MR) is 45.9 cm³/mol. The largest absolute Gasteiger partial charge is 0.397 e. The number of nitrogens with two attached hydrogens (primary N) is 1. The van der Waals surface area contributed by atoms with Gasteiger partial charge >= 0.3 is 0 Å². The fraction of sp³-hybridized carbons (Fsp3) is 0.250. The summed E-state index contributed by atoms with van der Waals surface area (Å²) in [5.74, 6) is 0. The van der Waals surface area contributed by atoms with Crippen molar-refractivity contribution in [2.45, 2.75) is 13.8 Å². The maximum absolute atomic E-state index is 7.37. The number of nitrogens with zero attached hydrogens (tertiary/aromatic N) is 1. The molecule has 0 atom stereocenters. The molecule has 1 heterocycles. The van der Waals surface area contributed by atoms with Crippen LogP contribution in [0.1, 0.15) is 18.2 Å². The molecule has 0 aliphatic rings. The molecule has 0 spiro atoms. The van der Waals surface area contributed by atoms with Crippen molar-refractivity contribution in [3.63, 3.8) is 0 Å². The third-order valence-corrected chi connectivity index (χ3v) is 1.48. The van der Waals surface area contributed by atoms with Crippen molar-refractivity contribution in [2.75, 3.05) is 5.73 Å². The zero-order valence-corrected chi connectivity index (χ0v) is 6.68. The first kappa shape index (κ1) is 7.72. The van der Waals surface area contributed by atoms with Crippen LogP contribution in [0.3, 0.4) is 0 Å². The molecular weight excluding hydrogens is 138 g/mol. The highest BCUT2D eigenvalue weighted by Crippen LogP contribution is 2.10. The number of hydrogen-bond acceptors (Lipinski definition) is 3. The molecule has 0 aliphatic heterocycles. The van der Waals surface area contributed by atoms with E-state index in [0.717, 1.165) is 11.3 Å².